The van der Waals surface area contributed by atoms with E-state index >= 15 is 0 Å². The molecule has 0 N–H and O–H groups in total. The van der Waals surface area contributed by atoms with E-state index in [-0.39, 0.29) is 90.8 Å². The molecule has 0 aliphatic rings. The van der Waals surface area contributed by atoms with Gasteiger partial charge in [0.15, 0.2) is 0 Å². The Balaban J connectivity index is 0.000000111. The average molecular weight is 1980 g/mol. The first kappa shape index (κ1) is 70.0. The van der Waals surface area contributed by atoms with E-state index in [1.54, 1.807) is 6.07 Å². The summed E-state index contributed by atoms with van der Waals surface area (Å²) >= 11 is -0.623. The molecule has 9 nitrogen and oxygen atoms in total. The fourth-order valence-electron chi connectivity index (χ4n) is 19.7. The van der Waals surface area contributed by atoms with E-state index < -0.39 is 68.9 Å². The minimum absolute atomic E-state index is 0.00000988. The van der Waals surface area contributed by atoms with Crippen molar-refractivity contribution in [2.75, 3.05) is 0 Å². The summed E-state index contributed by atoms with van der Waals surface area (Å²) in [5, 5.41) is 28.8. The predicted octanol–water partition coefficient (Wildman–Crippen LogP) is 31.9. The topological polar surface area (TPSA) is 116 Å². The van der Waals surface area contributed by atoms with Crippen LogP contribution in [0.5, 0.6) is 0 Å². The van der Waals surface area contributed by atoms with Gasteiger partial charge in [-0.25, -0.2) is 0 Å². The Hall–Kier alpha value is -16.8. The maximum absolute atomic E-state index is 9.09. The van der Waals surface area contributed by atoms with Gasteiger partial charge in [0, 0.05) is 0 Å². The minimum atomic E-state index is -0.881. The molecule has 0 spiro atoms. The van der Waals surface area contributed by atoms with Crippen LogP contribution in [0.25, 0.3) is 279 Å². The molecule has 0 saturated heterocycles. The van der Waals surface area contributed by atoms with Gasteiger partial charge in [-0.3, -0.25) is 0 Å². The normalized spacial score (nSPS) is 12.9. The van der Waals surface area contributed by atoms with E-state index in [2.05, 4.69) is 331 Å². The summed E-state index contributed by atoms with van der Waals surface area (Å²) in [6, 6.07) is 129. The second-order valence-electron chi connectivity index (χ2n) is 34.4. The van der Waals surface area contributed by atoms with Crippen LogP contribution in [0, 0.1) is 0 Å². The Morgan fingerprint density at radius 1 is 0.144 bits per heavy atom. The van der Waals surface area contributed by atoms with Gasteiger partial charge in [0.25, 0.3) is 0 Å². The van der Waals surface area contributed by atoms with Crippen molar-refractivity contribution >= 4 is 209 Å². The summed E-state index contributed by atoms with van der Waals surface area (Å²) in [5.41, 5.74) is 8.81. The fourth-order valence-corrected chi connectivity index (χ4v) is 27.3. The molecule has 0 aliphatic heterocycles. The van der Waals surface area contributed by atoms with E-state index in [9.17, 15) is 0 Å². The van der Waals surface area contributed by atoms with Crippen molar-refractivity contribution in [3.63, 3.8) is 0 Å². The monoisotopic (exact) mass is 1980 g/mol. The van der Waals surface area contributed by atoms with Gasteiger partial charge in [0.05, 0.1) is 0 Å². The molecule has 0 radical (unpaired) electrons. The zero-order valence-corrected chi connectivity index (χ0v) is 78.8. The maximum atomic E-state index is 9.09. The molecule has 0 amide bonds. The number of nitrogens with zero attached hydrogens (tertiary/aromatic N) is 9. The molecular formula is C127H75N9Se3. The molecule has 0 saturated carbocycles. The number of hydrogen-bond acceptors (Lipinski definition) is 9. The zero-order valence-electron chi connectivity index (χ0n) is 85.6. The van der Waals surface area contributed by atoms with E-state index in [1.165, 1.54) is 114 Å². The molecule has 0 bridgehead atoms. The predicted molar refractivity (Wildman–Crippen MR) is 585 cm³/mol. The SMILES string of the molecule is [2H]c1c([2H])c([2H])c(-c2nc(-c3ccc4c(ccc5c6ccccc6ccc45)c3)nc(-c3c([2H])c([2H])c([2H])c4c3[se]c3c([2H])c([2H])c([2H])c([2H])c34)n2)c([2H])c1[2H].c1ccc(-c2nc(-c3ccc4c(ccc5c6ccccc6ccc45)c3)nc(-c3cccc4c3[se]c3c(-c5ccccc5)cccc34)n2)cc1.c1ccc2cc(-c3nc(-c4ccc5c(ccc6c7ccccc7ccc56)c4)nc(-c4cccc5c4[se]c4ccccc45)n3)ccc2c1. The van der Waals surface area contributed by atoms with E-state index in [4.69, 9.17) is 51.3 Å². The third kappa shape index (κ3) is 14.6. The average Bonchev–Trinajstić information content (AvgIpc) is 1.56. The van der Waals surface area contributed by atoms with Crippen LogP contribution in [0.3, 0.4) is 0 Å². The van der Waals surface area contributed by atoms with Crippen LogP contribution in [0.15, 0.2) is 455 Å². The van der Waals surface area contributed by atoms with Crippen LogP contribution in [-0.4, -0.2) is 88.4 Å². The zero-order chi connectivity index (χ0) is 102. The van der Waals surface area contributed by atoms with Gasteiger partial charge in [-0.05, 0) is 16.2 Å². The molecule has 0 atom stereocenters. The number of benzene rings is 23. The van der Waals surface area contributed by atoms with Crippen LogP contribution < -0.4 is 0 Å². The van der Waals surface area contributed by atoms with Gasteiger partial charge >= 0.3 is 750 Å². The summed E-state index contributed by atoms with van der Waals surface area (Å²) in [6.45, 7) is 0. The molecule has 12 heteroatoms. The van der Waals surface area contributed by atoms with Crippen LogP contribution in [-0.2, 0) is 0 Å². The molecule has 6 heterocycles. The molecule has 29 rings (SSSR count). The van der Waals surface area contributed by atoms with Crippen molar-refractivity contribution in [1.29, 1.82) is 0 Å². The van der Waals surface area contributed by atoms with Crippen LogP contribution in [0.1, 0.15) is 16.4 Å². The number of aromatic nitrogens is 9. The first-order valence-corrected chi connectivity index (χ1v) is 50.7. The summed E-state index contributed by atoms with van der Waals surface area (Å²) in [4.78, 5) is 45.0. The van der Waals surface area contributed by atoms with Gasteiger partial charge < -0.3 is 0 Å². The van der Waals surface area contributed by atoms with Gasteiger partial charge in [0.1, 0.15) is 0 Å². The van der Waals surface area contributed by atoms with Gasteiger partial charge in [-0.2, -0.15) is 0 Å². The Bertz CT molecular complexity index is 10900. The van der Waals surface area contributed by atoms with Gasteiger partial charge in [-0.15, -0.1) is 0 Å². The van der Waals surface area contributed by atoms with Gasteiger partial charge in [0.2, 0.25) is 0 Å². The van der Waals surface area contributed by atoms with Crippen LogP contribution >= 0.6 is 0 Å². The second-order valence-corrected chi connectivity index (χ2v) is 40.9. The Labute approximate surface area is 832 Å². The summed E-state index contributed by atoms with van der Waals surface area (Å²) in [5.74, 6) is 3.75. The summed E-state index contributed by atoms with van der Waals surface area (Å²) < 4.78 is 109. The van der Waals surface area contributed by atoms with Crippen molar-refractivity contribution in [1.82, 2.24) is 44.9 Å². The molecule has 23 aromatic carbocycles. The second kappa shape index (κ2) is 34.3. The van der Waals surface area contributed by atoms with Crippen molar-refractivity contribution < 1.29 is 16.4 Å². The molecular weight excluding hydrogens is 1890 g/mol. The Morgan fingerprint density at radius 2 is 0.460 bits per heavy atom. The Kier molecular flexibility index (Phi) is 17.2. The van der Waals surface area contributed by atoms with Crippen molar-refractivity contribution in [2.45, 2.75) is 0 Å². The van der Waals surface area contributed by atoms with Crippen LogP contribution in [0.4, 0.5) is 0 Å². The number of rotatable bonds is 10. The van der Waals surface area contributed by atoms with Gasteiger partial charge in [-0.1, -0.05) is 72.8 Å². The number of hydrogen-bond donors (Lipinski definition) is 0. The quantitative estimate of drug-likeness (QED) is 0.0975. The third-order valence-electron chi connectivity index (χ3n) is 26.3. The Morgan fingerprint density at radius 3 is 0.971 bits per heavy atom. The van der Waals surface area contributed by atoms with Crippen molar-refractivity contribution in [2.24, 2.45) is 0 Å². The molecule has 0 fully saturated rings. The van der Waals surface area contributed by atoms with E-state index in [1.807, 2.05) is 54.6 Å². The standard InChI is InChI=1S/C45H27N3Se.C43H25N3Se.C39H23N3Se/c1-3-11-28(12-4-1)35-17-9-18-38-39-19-10-20-40(42(39)49-41(35)38)45-47-43(30-14-5-2-6-15-30)46-44(48-45)32-23-24-34-31(27-32)22-26-36-33-16-8-7-13-29(33)21-25-37(34)36;1-2-10-28-24-30(17-16-26(28)8-1)41-44-42(46-43(45-41)38-14-7-13-37-36-12-5-6-15-39(36)47-40(37)38)31-20-21-33-29(25-31)19-23-34-32-11-4-3-9-27(32)18-22-35(33)34;1-2-10-25(11-3-1)37-40-38(42-39(41-37)34-15-8-14-33-32-13-6-7-16-35(32)43-36(33)34)27-19-20-29-26(23-27)18-22-30-28-12-5-4-9-24(28)17-21-31(29)30/h1-27H;1-25H;1-23H/i;;1D,2D,3D,6D,7D,8D,10D,11D,13D,14D,15D,16D. The summed E-state index contributed by atoms with van der Waals surface area (Å²) in [7, 11) is 0. The van der Waals surface area contributed by atoms with E-state index in [0.29, 0.717) is 38.9 Å². The van der Waals surface area contributed by atoms with E-state index in [0.717, 1.165) is 82.3 Å². The molecule has 6 aromatic heterocycles. The summed E-state index contributed by atoms with van der Waals surface area (Å²) in [6.07, 6.45) is 0. The molecule has 139 heavy (non-hydrogen) atoms. The first-order valence-electron chi connectivity index (χ1n) is 51.6. The number of fused-ring (bicyclic) bond motifs is 25. The third-order valence-corrected chi connectivity index (χ3v) is 33.9. The van der Waals surface area contributed by atoms with Crippen LogP contribution in [0.2, 0.25) is 0 Å². The first-order chi connectivity index (χ1) is 73.8. The molecule has 0 unspecified atom stereocenters. The molecule has 29 aromatic rings. The fraction of sp³-hybridized carbons (Fsp3) is 0. The molecule has 0 aliphatic carbocycles. The van der Waals surface area contributed by atoms with Crippen molar-refractivity contribution in [3.8, 4) is 114 Å². The van der Waals surface area contributed by atoms with Crippen molar-refractivity contribution in [3.05, 3.63) is 455 Å². The molecule has 646 valence electrons.